The summed E-state index contributed by atoms with van der Waals surface area (Å²) in [7, 11) is 1.69. The first-order chi connectivity index (χ1) is 12.4. The number of aryl methyl sites for hydroxylation is 1. The first kappa shape index (κ1) is 23.5. The van der Waals surface area contributed by atoms with E-state index in [0.717, 1.165) is 23.5 Å². The summed E-state index contributed by atoms with van der Waals surface area (Å²) < 4.78 is 40.2. The zero-order valence-electron chi connectivity index (χ0n) is 15.0. The summed E-state index contributed by atoms with van der Waals surface area (Å²) in [6, 6.07) is 5.85. The lowest BCUT2D eigenvalue weighted by Gasteiger charge is -2.12. The van der Waals surface area contributed by atoms with E-state index >= 15 is 0 Å². The van der Waals surface area contributed by atoms with Crippen LogP contribution in [0, 0.1) is 6.92 Å². The van der Waals surface area contributed by atoms with Gasteiger partial charge >= 0.3 is 6.36 Å². The Bertz CT molecular complexity index is 720. The molecular formula is C17H22F3IN4OS. The van der Waals surface area contributed by atoms with E-state index < -0.39 is 6.36 Å². The van der Waals surface area contributed by atoms with Crippen LogP contribution < -0.4 is 15.4 Å². The largest absolute Gasteiger partial charge is 0.573 e. The quantitative estimate of drug-likeness (QED) is 0.334. The Hall–Kier alpha value is -1.56. The van der Waals surface area contributed by atoms with Crippen molar-refractivity contribution in [1.29, 1.82) is 0 Å². The average molecular weight is 514 g/mol. The molecule has 2 aromatic rings. The molecule has 0 radical (unpaired) electrons. The van der Waals surface area contributed by atoms with Gasteiger partial charge in [-0.25, -0.2) is 4.98 Å². The van der Waals surface area contributed by atoms with Gasteiger partial charge in [0.2, 0.25) is 0 Å². The normalized spacial score (nSPS) is 11.7. The lowest BCUT2D eigenvalue weighted by atomic mass is 10.1. The monoisotopic (exact) mass is 514 g/mol. The van der Waals surface area contributed by atoms with Gasteiger partial charge in [0, 0.05) is 37.6 Å². The maximum Gasteiger partial charge on any atom is 0.573 e. The predicted molar refractivity (Wildman–Crippen MR) is 112 cm³/mol. The molecule has 0 saturated carbocycles. The second-order valence-corrected chi connectivity index (χ2v) is 6.80. The maximum absolute atomic E-state index is 12.1. The Balaban J connectivity index is 0.00000364. The fraction of sp³-hybridized carbons (Fsp3) is 0.412. The standard InChI is InChI=1S/C17H21F3N4OS.HI/c1-12-11-24-15(26-12)8-10-23-16(21-2)22-9-7-13-3-5-14(6-4-13)25-17(18,19)20;/h3-6,11H,7-10H2,1-2H3,(H2,21,22,23);1H. The van der Waals surface area contributed by atoms with E-state index in [1.807, 2.05) is 13.1 Å². The Kier molecular flexibility index (Phi) is 9.84. The van der Waals surface area contributed by atoms with E-state index in [1.54, 1.807) is 30.5 Å². The Labute approximate surface area is 177 Å². The molecule has 0 fully saturated rings. The summed E-state index contributed by atoms with van der Waals surface area (Å²) in [6.07, 6.45) is -1.34. The van der Waals surface area contributed by atoms with Crippen molar-refractivity contribution < 1.29 is 17.9 Å². The number of hydrogen-bond donors (Lipinski definition) is 2. The molecule has 2 rings (SSSR count). The Morgan fingerprint density at radius 3 is 2.30 bits per heavy atom. The van der Waals surface area contributed by atoms with Crippen LogP contribution >= 0.6 is 35.3 Å². The van der Waals surface area contributed by atoms with Crippen LogP contribution in [0.15, 0.2) is 35.5 Å². The number of nitrogens with one attached hydrogen (secondary N) is 2. The summed E-state index contributed by atoms with van der Waals surface area (Å²) in [5.74, 6) is 0.458. The molecule has 0 spiro atoms. The maximum atomic E-state index is 12.1. The molecule has 0 amide bonds. The molecule has 0 aliphatic rings. The first-order valence-corrected chi connectivity index (χ1v) is 8.88. The molecule has 0 unspecified atom stereocenters. The van der Waals surface area contributed by atoms with E-state index in [4.69, 9.17) is 0 Å². The van der Waals surface area contributed by atoms with Gasteiger partial charge in [-0.15, -0.1) is 48.5 Å². The van der Waals surface area contributed by atoms with E-state index in [9.17, 15) is 13.2 Å². The van der Waals surface area contributed by atoms with Crippen LogP contribution in [-0.2, 0) is 12.8 Å². The molecule has 1 aromatic heterocycles. The summed E-state index contributed by atoms with van der Waals surface area (Å²) >= 11 is 1.67. The molecule has 150 valence electrons. The van der Waals surface area contributed by atoms with E-state index in [-0.39, 0.29) is 29.7 Å². The molecule has 0 atom stereocenters. The van der Waals surface area contributed by atoms with Crippen molar-refractivity contribution in [2.75, 3.05) is 20.1 Å². The highest BCUT2D eigenvalue weighted by Crippen LogP contribution is 2.22. The highest BCUT2D eigenvalue weighted by Gasteiger charge is 2.30. The smallest absolute Gasteiger partial charge is 0.406 e. The van der Waals surface area contributed by atoms with E-state index in [0.29, 0.717) is 18.9 Å². The van der Waals surface area contributed by atoms with Gasteiger partial charge in [0.1, 0.15) is 5.75 Å². The molecular weight excluding hydrogens is 492 g/mol. The topological polar surface area (TPSA) is 58.5 Å². The van der Waals surface area contributed by atoms with Crippen LogP contribution in [0.3, 0.4) is 0 Å². The SMILES string of the molecule is CN=C(NCCc1ccc(OC(F)(F)F)cc1)NCCc1ncc(C)s1.I. The number of nitrogens with zero attached hydrogens (tertiary/aromatic N) is 2. The van der Waals surface area contributed by atoms with Gasteiger partial charge in [-0.3, -0.25) is 4.99 Å². The molecule has 5 nitrogen and oxygen atoms in total. The number of thiazole rings is 1. The van der Waals surface area contributed by atoms with Crippen LogP contribution in [0.4, 0.5) is 13.2 Å². The van der Waals surface area contributed by atoms with Gasteiger partial charge in [-0.1, -0.05) is 12.1 Å². The predicted octanol–water partition coefficient (Wildman–Crippen LogP) is 3.92. The zero-order valence-corrected chi connectivity index (χ0v) is 18.1. The van der Waals surface area contributed by atoms with Gasteiger partial charge in [-0.2, -0.15) is 0 Å². The highest BCUT2D eigenvalue weighted by molar-refractivity contribution is 14.0. The van der Waals surface area contributed by atoms with Gasteiger partial charge in [0.05, 0.1) is 5.01 Å². The second kappa shape index (κ2) is 11.3. The Morgan fingerprint density at radius 1 is 1.15 bits per heavy atom. The number of aliphatic imine (C=N–C) groups is 1. The number of hydrogen-bond acceptors (Lipinski definition) is 4. The number of benzene rings is 1. The van der Waals surface area contributed by atoms with Crippen LogP contribution in [0.25, 0.3) is 0 Å². The number of ether oxygens (including phenoxy) is 1. The highest BCUT2D eigenvalue weighted by atomic mass is 127. The second-order valence-electron chi connectivity index (χ2n) is 5.48. The van der Waals surface area contributed by atoms with Gasteiger partial charge in [0.15, 0.2) is 5.96 Å². The number of halogens is 4. The minimum atomic E-state index is -4.67. The van der Waals surface area contributed by atoms with Crippen molar-refractivity contribution in [3.05, 3.63) is 45.9 Å². The van der Waals surface area contributed by atoms with Crippen LogP contribution in [0.1, 0.15) is 15.4 Å². The van der Waals surface area contributed by atoms with E-state index in [2.05, 4.69) is 25.3 Å². The molecule has 1 aromatic carbocycles. The van der Waals surface area contributed by atoms with Gasteiger partial charge in [-0.05, 0) is 31.0 Å². The summed E-state index contributed by atoms with van der Waals surface area (Å²) in [5, 5.41) is 7.46. The number of aromatic nitrogens is 1. The van der Waals surface area contributed by atoms with Crippen molar-refractivity contribution in [1.82, 2.24) is 15.6 Å². The molecule has 1 heterocycles. The summed E-state index contributed by atoms with van der Waals surface area (Å²) in [4.78, 5) is 9.64. The third kappa shape index (κ3) is 9.27. The molecule has 0 aliphatic heterocycles. The third-order valence-corrected chi connectivity index (χ3v) is 4.36. The zero-order chi connectivity index (χ0) is 19.0. The van der Waals surface area contributed by atoms with Crippen molar-refractivity contribution in [3.8, 4) is 5.75 Å². The number of alkyl halides is 3. The summed E-state index contributed by atoms with van der Waals surface area (Å²) in [6.45, 7) is 3.35. The molecule has 0 saturated heterocycles. The minimum Gasteiger partial charge on any atom is -0.406 e. The van der Waals surface area contributed by atoms with Crippen LogP contribution in [0.5, 0.6) is 5.75 Å². The third-order valence-electron chi connectivity index (χ3n) is 3.39. The molecule has 0 aliphatic carbocycles. The lowest BCUT2D eigenvalue weighted by molar-refractivity contribution is -0.274. The van der Waals surface area contributed by atoms with Gasteiger partial charge in [0.25, 0.3) is 0 Å². The average Bonchev–Trinajstić information content (AvgIpc) is 2.99. The molecule has 2 N–H and O–H groups in total. The molecule has 27 heavy (non-hydrogen) atoms. The van der Waals surface area contributed by atoms with Crippen molar-refractivity contribution in [3.63, 3.8) is 0 Å². The van der Waals surface area contributed by atoms with Crippen molar-refractivity contribution in [2.24, 2.45) is 4.99 Å². The van der Waals surface area contributed by atoms with Crippen molar-refractivity contribution in [2.45, 2.75) is 26.1 Å². The van der Waals surface area contributed by atoms with Crippen LogP contribution in [0.2, 0.25) is 0 Å². The number of rotatable bonds is 7. The fourth-order valence-electron chi connectivity index (χ4n) is 2.21. The fourth-order valence-corrected chi connectivity index (χ4v) is 3.00. The Morgan fingerprint density at radius 2 is 1.78 bits per heavy atom. The summed E-state index contributed by atoms with van der Waals surface area (Å²) in [5.41, 5.74) is 0.903. The van der Waals surface area contributed by atoms with Crippen molar-refractivity contribution >= 4 is 41.3 Å². The number of guanidine groups is 1. The van der Waals surface area contributed by atoms with Crippen LogP contribution in [-0.4, -0.2) is 37.4 Å². The minimum absolute atomic E-state index is 0. The first-order valence-electron chi connectivity index (χ1n) is 8.06. The molecule has 0 bridgehead atoms. The lowest BCUT2D eigenvalue weighted by Crippen LogP contribution is -2.39. The van der Waals surface area contributed by atoms with E-state index in [1.165, 1.54) is 17.0 Å². The molecule has 10 heteroatoms. The van der Waals surface area contributed by atoms with Gasteiger partial charge < -0.3 is 15.4 Å².